The second-order valence-corrected chi connectivity index (χ2v) is 5.33. The Balaban J connectivity index is 2.29. The molecular formula is C14H25N3. The minimum atomic E-state index is 0.396. The van der Waals surface area contributed by atoms with E-state index in [4.69, 9.17) is 5.10 Å². The summed E-state index contributed by atoms with van der Waals surface area (Å²) in [5.41, 5.74) is 3.93. The molecular weight excluding hydrogens is 210 g/mol. The first-order valence-corrected chi connectivity index (χ1v) is 6.88. The summed E-state index contributed by atoms with van der Waals surface area (Å²) < 4.78 is 2.29. The van der Waals surface area contributed by atoms with Crippen LogP contribution in [-0.4, -0.2) is 16.8 Å². The summed E-state index contributed by atoms with van der Waals surface area (Å²) in [6.07, 6.45) is 6.72. The lowest BCUT2D eigenvalue weighted by Crippen LogP contribution is -2.17. The molecule has 17 heavy (non-hydrogen) atoms. The van der Waals surface area contributed by atoms with E-state index in [1.807, 2.05) is 7.05 Å². The summed E-state index contributed by atoms with van der Waals surface area (Å²) >= 11 is 0. The summed E-state index contributed by atoms with van der Waals surface area (Å²) in [5, 5.41) is 8.11. The first-order valence-electron chi connectivity index (χ1n) is 6.88. The Hall–Kier alpha value is -0.830. The van der Waals surface area contributed by atoms with Gasteiger partial charge in [-0.1, -0.05) is 19.3 Å². The summed E-state index contributed by atoms with van der Waals surface area (Å²) in [5.74, 6) is 0. The Morgan fingerprint density at radius 3 is 2.47 bits per heavy atom. The molecule has 96 valence electrons. The average molecular weight is 235 g/mol. The highest BCUT2D eigenvalue weighted by Gasteiger charge is 2.22. The first-order chi connectivity index (χ1) is 8.15. The number of aryl methyl sites for hydroxylation is 1. The smallest absolute Gasteiger partial charge is 0.0644 e. The van der Waals surface area contributed by atoms with Gasteiger partial charge in [-0.25, -0.2) is 0 Å². The third-order valence-corrected chi connectivity index (χ3v) is 4.17. The van der Waals surface area contributed by atoms with Crippen molar-refractivity contribution in [3.63, 3.8) is 0 Å². The molecule has 1 aliphatic rings. The van der Waals surface area contributed by atoms with Crippen molar-refractivity contribution in [2.24, 2.45) is 0 Å². The lowest BCUT2D eigenvalue weighted by atomic mass is 9.95. The van der Waals surface area contributed by atoms with Crippen molar-refractivity contribution in [2.75, 3.05) is 7.05 Å². The van der Waals surface area contributed by atoms with Crippen LogP contribution in [-0.2, 0) is 0 Å². The molecule has 1 unspecified atom stereocenters. The highest BCUT2D eigenvalue weighted by Crippen LogP contribution is 2.31. The molecule has 0 saturated heterocycles. The molecule has 3 nitrogen and oxygen atoms in total. The van der Waals surface area contributed by atoms with Gasteiger partial charge in [-0.15, -0.1) is 0 Å². The van der Waals surface area contributed by atoms with Crippen LogP contribution in [0.5, 0.6) is 0 Å². The summed E-state index contributed by atoms with van der Waals surface area (Å²) in [4.78, 5) is 0. The van der Waals surface area contributed by atoms with E-state index in [1.54, 1.807) is 0 Å². The number of rotatable bonds is 3. The van der Waals surface area contributed by atoms with Crippen LogP contribution < -0.4 is 5.32 Å². The zero-order valence-electron chi connectivity index (χ0n) is 11.6. The van der Waals surface area contributed by atoms with E-state index in [-0.39, 0.29) is 0 Å². The van der Waals surface area contributed by atoms with Gasteiger partial charge in [0, 0.05) is 17.3 Å². The molecule has 1 aromatic heterocycles. The summed E-state index contributed by atoms with van der Waals surface area (Å²) in [6, 6.07) is 1.03. The summed E-state index contributed by atoms with van der Waals surface area (Å²) in [7, 11) is 2.02. The van der Waals surface area contributed by atoms with Crippen LogP contribution >= 0.6 is 0 Å². The molecule has 0 amide bonds. The Labute approximate surface area is 105 Å². The van der Waals surface area contributed by atoms with E-state index in [9.17, 15) is 0 Å². The fourth-order valence-corrected chi connectivity index (χ4v) is 3.13. The molecule has 1 saturated carbocycles. The number of nitrogens with zero attached hydrogens (tertiary/aromatic N) is 2. The van der Waals surface area contributed by atoms with Crippen molar-refractivity contribution in [2.45, 2.75) is 65.0 Å². The van der Waals surface area contributed by atoms with Crippen LogP contribution in [0.15, 0.2) is 0 Å². The molecule has 0 radical (unpaired) electrons. The Kier molecular flexibility index (Phi) is 3.87. The molecule has 1 N–H and O–H groups in total. The molecule has 1 fully saturated rings. The van der Waals surface area contributed by atoms with Gasteiger partial charge in [0.05, 0.1) is 11.7 Å². The molecule has 1 aliphatic carbocycles. The van der Waals surface area contributed by atoms with E-state index in [0.29, 0.717) is 12.1 Å². The molecule has 0 spiro atoms. The molecule has 3 heteroatoms. The topological polar surface area (TPSA) is 29.9 Å². The van der Waals surface area contributed by atoms with Gasteiger partial charge in [-0.3, -0.25) is 4.68 Å². The van der Waals surface area contributed by atoms with Crippen molar-refractivity contribution in [1.82, 2.24) is 15.1 Å². The maximum atomic E-state index is 4.78. The SMILES string of the molecule is CNC(C)c1c(C)nn(C2CCCCC2)c1C. The number of hydrogen-bond donors (Lipinski definition) is 1. The standard InChI is InChI=1S/C14H25N3/c1-10(15-4)14-11(2)16-17(12(14)3)13-8-6-5-7-9-13/h10,13,15H,5-9H2,1-4H3. The highest BCUT2D eigenvalue weighted by atomic mass is 15.3. The normalized spacial score (nSPS) is 19.5. The minimum absolute atomic E-state index is 0.396. The Morgan fingerprint density at radius 2 is 1.88 bits per heavy atom. The zero-order valence-corrected chi connectivity index (χ0v) is 11.6. The second kappa shape index (κ2) is 5.21. The van der Waals surface area contributed by atoms with E-state index < -0.39 is 0 Å². The Bertz CT molecular complexity index is 375. The molecule has 0 bridgehead atoms. The van der Waals surface area contributed by atoms with Gasteiger partial charge in [0.2, 0.25) is 0 Å². The lowest BCUT2D eigenvalue weighted by molar-refractivity contribution is 0.323. The quantitative estimate of drug-likeness (QED) is 0.871. The molecule has 0 aromatic carbocycles. The van der Waals surface area contributed by atoms with E-state index in [1.165, 1.54) is 49.1 Å². The average Bonchev–Trinajstić information content (AvgIpc) is 2.65. The fraction of sp³-hybridized carbons (Fsp3) is 0.786. The van der Waals surface area contributed by atoms with Gasteiger partial charge < -0.3 is 5.32 Å². The first kappa shape index (κ1) is 12.6. The van der Waals surface area contributed by atoms with Crippen LogP contribution in [0.25, 0.3) is 0 Å². The third kappa shape index (κ3) is 2.39. The van der Waals surface area contributed by atoms with Gasteiger partial charge in [-0.2, -0.15) is 5.10 Å². The van der Waals surface area contributed by atoms with Crippen LogP contribution in [0.3, 0.4) is 0 Å². The molecule has 2 rings (SSSR count). The van der Waals surface area contributed by atoms with Gasteiger partial charge in [0.15, 0.2) is 0 Å². The number of nitrogens with one attached hydrogen (secondary N) is 1. The lowest BCUT2D eigenvalue weighted by Gasteiger charge is -2.23. The Morgan fingerprint density at radius 1 is 1.24 bits per heavy atom. The van der Waals surface area contributed by atoms with Crippen LogP contribution in [0.4, 0.5) is 0 Å². The maximum absolute atomic E-state index is 4.78. The van der Waals surface area contributed by atoms with Gasteiger partial charge in [-0.05, 0) is 40.7 Å². The zero-order chi connectivity index (χ0) is 12.4. The van der Waals surface area contributed by atoms with Crippen LogP contribution in [0, 0.1) is 13.8 Å². The largest absolute Gasteiger partial charge is 0.313 e. The highest BCUT2D eigenvalue weighted by molar-refractivity contribution is 5.28. The van der Waals surface area contributed by atoms with Crippen LogP contribution in [0.1, 0.15) is 68.1 Å². The number of hydrogen-bond acceptors (Lipinski definition) is 2. The maximum Gasteiger partial charge on any atom is 0.0644 e. The molecule has 1 atom stereocenters. The van der Waals surface area contributed by atoms with Gasteiger partial charge >= 0.3 is 0 Å². The van der Waals surface area contributed by atoms with Gasteiger partial charge in [0.1, 0.15) is 0 Å². The van der Waals surface area contributed by atoms with Crippen molar-refractivity contribution < 1.29 is 0 Å². The van der Waals surface area contributed by atoms with Crippen molar-refractivity contribution in [3.8, 4) is 0 Å². The number of aromatic nitrogens is 2. The minimum Gasteiger partial charge on any atom is -0.313 e. The molecule has 1 aromatic rings. The van der Waals surface area contributed by atoms with E-state index >= 15 is 0 Å². The summed E-state index contributed by atoms with van der Waals surface area (Å²) in [6.45, 7) is 6.56. The van der Waals surface area contributed by atoms with Crippen molar-refractivity contribution >= 4 is 0 Å². The van der Waals surface area contributed by atoms with Crippen LogP contribution in [0.2, 0.25) is 0 Å². The third-order valence-electron chi connectivity index (χ3n) is 4.17. The molecule has 1 heterocycles. The predicted octanol–water partition coefficient (Wildman–Crippen LogP) is 3.29. The van der Waals surface area contributed by atoms with Gasteiger partial charge in [0.25, 0.3) is 0 Å². The fourth-order valence-electron chi connectivity index (χ4n) is 3.13. The predicted molar refractivity (Wildman–Crippen MR) is 71.3 cm³/mol. The van der Waals surface area contributed by atoms with E-state index in [2.05, 4.69) is 30.8 Å². The van der Waals surface area contributed by atoms with Crippen molar-refractivity contribution in [1.29, 1.82) is 0 Å². The second-order valence-electron chi connectivity index (χ2n) is 5.33. The monoisotopic (exact) mass is 235 g/mol. The van der Waals surface area contributed by atoms with Crippen molar-refractivity contribution in [3.05, 3.63) is 17.0 Å². The molecule has 0 aliphatic heterocycles. The van der Waals surface area contributed by atoms with E-state index in [0.717, 1.165) is 0 Å².